The number of nitrogens with one attached hydrogen (secondary N) is 1. The summed E-state index contributed by atoms with van der Waals surface area (Å²) in [6.45, 7) is 0.294. The Morgan fingerprint density at radius 3 is 2.67 bits per heavy atom. The van der Waals surface area contributed by atoms with E-state index in [2.05, 4.69) is 15.0 Å². The second-order valence-corrected chi connectivity index (χ2v) is 5.58. The molecule has 1 aliphatic rings. The fraction of sp³-hybridized carbons (Fsp3) is 0.294. The molecule has 1 N–H and O–H groups in total. The monoisotopic (exact) mass is 336 g/mol. The summed E-state index contributed by atoms with van der Waals surface area (Å²) < 4.78 is 40.8. The van der Waals surface area contributed by atoms with Gasteiger partial charge in [0.1, 0.15) is 5.75 Å². The Balaban J connectivity index is 1.73. The van der Waals surface area contributed by atoms with E-state index in [0.717, 1.165) is 12.8 Å². The summed E-state index contributed by atoms with van der Waals surface area (Å²) in [7, 11) is 0. The quantitative estimate of drug-likeness (QED) is 0.906. The SMILES string of the molecule is O=C(NCc1cccc(-c2cccc(OC(F)(F)F)c2)n1)C1CC1. The van der Waals surface area contributed by atoms with Crippen molar-refractivity contribution in [2.45, 2.75) is 25.7 Å². The first-order chi connectivity index (χ1) is 11.4. The van der Waals surface area contributed by atoms with Crippen molar-refractivity contribution in [2.24, 2.45) is 5.92 Å². The summed E-state index contributed by atoms with van der Waals surface area (Å²) in [6.07, 6.45) is -2.89. The average molecular weight is 336 g/mol. The topological polar surface area (TPSA) is 51.2 Å². The largest absolute Gasteiger partial charge is 0.573 e. The van der Waals surface area contributed by atoms with E-state index >= 15 is 0 Å². The van der Waals surface area contributed by atoms with Gasteiger partial charge in [-0.3, -0.25) is 9.78 Å². The van der Waals surface area contributed by atoms with Gasteiger partial charge in [0.2, 0.25) is 5.91 Å². The van der Waals surface area contributed by atoms with E-state index < -0.39 is 6.36 Å². The fourth-order valence-electron chi connectivity index (χ4n) is 2.26. The van der Waals surface area contributed by atoms with Gasteiger partial charge < -0.3 is 10.1 Å². The molecule has 7 heteroatoms. The molecular weight excluding hydrogens is 321 g/mol. The van der Waals surface area contributed by atoms with Crippen LogP contribution >= 0.6 is 0 Å². The molecule has 1 amide bonds. The maximum absolute atomic E-state index is 12.3. The average Bonchev–Trinajstić information content (AvgIpc) is 3.36. The highest BCUT2D eigenvalue weighted by atomic mass is 19.4. The minimum atomic E-state index is -4.74. The Kier molecular flexibility index (Phi) is 4.42. The lowest BCUT2D eigenvalue weighted by Gasteiger charge is -2.10. The van der Waals surface area contributed by atoms with Crippen LogP contribution in [-0.2, 0) is 11.3 Å². The van der Waals surface area contributed by atoms with E-state index in [1.165, 1.54) is 18.2 Å². The maximum Gasteiger partial charge on any atom is 0.573 e. The predicted octanol–water partition coefficient (Wildman–Crippen LogP) is 3.67. The minimum Gasteiger partial charge on any atom is -0.406 e. The standard InChI is InChI=1S/C17H15F3N2O2/c18-17(19,20)24-14-5-1-3-12(9-14)15-6-2-4-13(22-15)10-21-16(23)11-7-8-11/h1-6,9,11H,7-8,10H2,(H,21,23). The van der Waals surface area contributed by atoms with Gasteiger partial charge in [0, 0.05) is 11.5 Å². The van der Waals surface area contributed by atoms with Crippen molar-refractivity contribution >= 4 is 5.91 Å². The number of hydrogen-bond donors (Lipinski definition) is 1. The molecule has 0 radical (unpaired) electrons. The Morgan fingerprint density at radius 1 is 1.21 bits per heavy atom. The molecular formula is C17H15F3N2O2. The first-order valence-electron chi connectivity index (χ1n) is 7.50. The van der Waals surface area contributed by atoms with Crippen molar-refractivity contribution in [2.75, 3.05) is 0 Å². The lowest BCUT2D eigenvalue weighted by Crippen LogP contribution is -2.24. The van der Waals surface area contributed by atoms with Crippen LogP contribution in [0, 0.1) is 5.92 Å². The highest BCUT2D eigenvalue weighted by Crippen LogP contribution is 2.29. The summed E-state index contributed by atoms with van der Waals surface area (Å²) in [4.78, 5) is 16.0. The van der Waals surface area contributed by atoms with E-state index in [4.69, 9.17) is 0 Å². The Labute approximate surface area is 136 Å². The number of alkyl halides is 3. The molecule has 1 aromatic heterocycles. The second kappa shape index (κ2) is 6.51. The number of rotatable bonds is 5. The van der Waals surface area contributed by atoms with Crippen LogP contribution in [0.25, 0.3) is 11.3 Å². The normalized spacial score (nSPS) is 14.3. The van der Waals surface area contributed by atoms with Gasteiger partial charge in [-0.2, -0.15) is 0 Å². The molecule has 1 saturated carbocycles. The molecule has 0 atom stereocenters. The van der Waals surface area contributed by atoms with Crippen molar-refractivity contribution in [3.8, 4) is 17.0 Å². The number of amides is 1. The number of hydrogen-bond acceptors (Lipinski definition) is 3. The third-order valence-corrected chi connectivity index (χ3v) is 3.56. The zero-order chi connectivity index (χ0) is 17.2. The Morgan fingerprint density at radius 2 is 1.96 bits per heavy atom. The molecule has 2 aromatic rings. The van der Waals surface area contributed by atoms with Crippen LogP contribution in [0.1, 0.15) is 18.5 Å². The molecule has 0 unspecified atom stereocenters. The summed E-state index contributed by atoms with van der Waals surface area (Å²) in [5.41, 5.74) is 1.66. The summed E-state index contributed by atoms with van der Waals surface area (Å²) in [6, 6.07) is 10.8. The zero-order valence-corrected chi connectivity index (χ0v) is 12.6. The highest BCUT2D eigenvalue weighted by molar-refractivity contribution is 5.80. The number of aromatic nitrogens is 1. The highest BCUT2D eigenvalue weighted by Gasteiger charge is 2.31. The van der Waals surface area contributed by atoms with Gasteiger partial charge >= 0.3 is 6.36 Å². The van der Waals surface area contributed by atoms with E-state index in [9.17, 15) is 18.0 Å². The Bertz CT molecular complexity index is 743. The van der Waals surface area contributed by atoms with E-state index in [1.54, 1.807) is 24.3 Å². The van der Waals surface area contributed by atoms with E-state index in [0.29, 0.717) is 23.5 Å². The van der Waals surface area contributed by atoms with Crippen molar-refractivity contribution in [3.05, 3.63) is 48.2 Å². The zero-order valence-electron chi connectivity index (χ0n) is 12.6. The molecule has 24 heavy (non-hydrogen) atoms. The molecule has 1 fully saturated rings. The van der Waals surface area contributed by atoms with Crippen molar-refractivity contribution in [1.82, 2.24) is 10.3 Å². The van der Waals surface area contributed by atoms with Gasteiger partial charge in [0.15, 0.2) is 0 Å². The minimum absolute atomic E-state index is 0.0165. The molecule has 3 rings (SSSR count). The molecule has 1 heterocycles. The van der Waals surface area contributed by atoms with Crippen LogP contribution in [0.3, 0.4) is 0 Å². The van der Waals surface area contributed by atoms with Gasteiger partial charge in [0.25, 0.3) is 0 Å². The van der Waals surface area contributed by atoms with Gasteiger partial charge in [0.05, 0.1) is 17.9 Å². The summed E-state index contributed by atoms with van der Waals surface area (Å²) >= 11 is 0. The third-order valence-electron chi connectivity index (χ3n) is 3.56. The summed E-state index contributed by atoms with van der Waals surface area (Å²) in [5, 5.41) is 2.81. The van der Waals surface area contributed by atoms with Gasteiger partial charge in [-0.05, 0) is 37.1 Å². The first-order valence-corrected chi connectivity index (χ1v) is 7.50. The number of benzene rings is 1. The number of ether oxygens (including phenoxy) is 1. The number of pyridine rings is 1. The lowest BCUT2D eigenvalue weighted by molar-refractivity contribution is -0.274. The maximum atomic E-state index is 12.3. The van der Waals surface area contributed by atoms with Crippen molar-refractivity contribution < 1.29 is 22.7 Å². The number of carbonyl (C=O) groups is 1. The number of carbonyl (C=O) groups excluding carboxylic acids is 1. The van der Waals surface area contributed by atoms with Crippen molar-refractivity contribution in [1.29, 1.82) is 0 Å². The molecule has 4 nitrogen and oxygen atoms in total. The van der Waals surface area contributed by atoms with Crippen LogP contribution in [0.2, 0.25) is 0 Å². The molecule has 0 spiro atoms. The molecule has 0 saturated heterocycles. The lowest BCUT2D eigenvalue weighted by atomic mass is 10.1. The van der Waals surface area contributed by atoms with Gasteiger partial charge in [-0.25, -0.2) is 0 Å². The molecule has 1 aromatic carbocycles. The number of nitrogens with zero attached hydrogens (tertiary/aromatic N) is 1. The second-order valence-electron chi connectivity index (χ2n) is 5.58. The fourth-order valence-corrected chi connectivity index (χ4v) is 2.26. The van der Waals surface area contributed by atoms with Crippen LogP contribution in [0.15, 0.2) is 42.5 Å². The molecule has 1 aliphatic carbocycles. The van der Waals surface area contributed by atoms with E-state index in [-0.39, 0.29) is 17.6 Å². The van der Waals surface area contributed by atoms with Crippen LogP contribution in [0.5, 0.6) is 5.75 Å². The molecule has 0 aliphatic heterocycles. The number of halogens is 3. The molecule has 0 bridgehead atoms. The van der Waals surface area contributed by atoms with Gasteiger partial charge in [-0.15, -0.1) is 13.2 Å². The van der Waals surface area contributed by atoms with Crippen LogP contribution in [0.4, 0.5) is 13.2 Å². The summed E-state index contributed by atoms with van der Waals surface area (Å²) in [5.74, 6) is -0.165. The smallest absolute Gasteiger partial charge is 0.406 e. The van der Waals surface area contributed by atoms with Gasteiger partial charge in [-0.1, -0.05) is 18.2 Å². The van der Waals surface area contributed by atoms with Crippen molar-refractivity contribution in [3.63, 3.8) is 0 Å². The molecule has 126 valence electrons. The Hall–Kier alpha value is -2.57. The predicted molar refractivity (Wildman–Crippen MR) is 80.9 cm³/mol. The first kappa shape index (κ1) is 16.3. The third kappa shape index (κ3) is 4.47. The van der Waals surface area contributed by atoms with Crippen LogP contribution in [-0.4, -0.2) is 17.3 Å². The van der Waals surface area contributed by atoms with E-state index in [1.807, 2.05) is 0 Å². The van der Waals surface area contributed by atoms with Crippen LogP contribution < -0.4 is 10.1 Å².